The molecule has 10 rings (SSSR count). The van der Waals surface area contributed by atoms with E-state index in [0.717, 1.165) is 94.3 Å². The fourth-order valence-corrected chi connectivity index (χ4v) is 6.99. The number of furan rings is 2. The summed E-state index contributed by atoms with van der Waals surface area (Å²) in [7, 11) is 0. The molecule has 5 heteroatoms. The minimum atomic E-state index is 0.628. The van der Waals surface area contributed by atoms with Crippen LogP contribution in [0.5, 0.6) is 0 Å². The van der Waals surface area contributed by atoms with Gasteiger partial charge >= 0.3 is 0 Å². The summed E-state index contributed by atoms with van der Waals surface area (Å²) in [5.41, 5.74) is 11.8. The molecule has 0 aliphatic carbocycles. The van der Waals surface area contributed by atoms with E-state index in [1.807, 2.05) is 79.0 Å². The first-order valence-corrected chi connectivity index (χ1v) is 16.6. The highest BCUT2D eigenvalue weighted by atomic mass is 16.3. The lowest BCUT2D eigenvalue weighted by atomic mass is 9.95. The Balaban J connectivity index is 1.19. The van der Waals surface area contributed by atoms with Gasteiger partial charge in [0.2, 0.25) is 0 Å². The molecule has 0 amide bonds. The van der Waals surface area contributed by atoms with Crippen LogP contribution in [0.1, 0.15) is 0 Å². The van der Waals surface area contributed by atoms with Crippen LogP contribution in [-0.2, 0) is 0 Å². The molecule has 10 aromatic rings. The molecule has 4 heterocycles. The van der Waals surface area contributed by atoms with E-state index in [4.69, 9.17) is 18.8 Å². The summed E-state index contributed by atoms with van der Waals surface area (Å²) >= 11 is 0. The number of hydrogen-bond acceptors (Lipinski definition) is 5. The standard InChI is InChI=1S/C45H27N3O2/c1-2-11-28(12-3-1)38-27-39(48-45(47-38)31-14-10-13-30(25-31)37-17-8-9-24-46-37)35-23-22-32(43-36-16-5-7-19-41(36)50-44(35)43)29-20-21-34-33-15-4-6-18-40(33)49-42(34)26-29/h1-27H. The van der Waals surface area contributed by atoms with Crippen LogP contribution >= 0.6 is 0 Å². The van der Waals surface area contributed by atoms with Crippen molar-refractivity contribution in [1.82, 2.24) is 15.0 Å². The van der Waals surface area contributed by atoms with E-state index in [-0.39, 0.29) is 0 Å². The first-order valence-electron chi connectivity index (χ1n) is 16.6. The van der Waals surface area contributed by atoms with Gasteiger partial charge in [0, 0.05) is 50.0 Å². The molecule has 5 nitrogen and oxygen atoms in total. The molecule has 0 N–H and O–H groups in total. The third-order valence-corrected chi connectivity index (χ3v) is 9.37. The number of pyridine rings is 1. The molecule has 234 valence electrons. The van der Waals surface area contributed by atoms with Crippen molar-refractivity contribution in [1.29, 1.82) is 0 Å². The van der Waals surface area contributed by atoms with E-state index in [1.54, 1.807) is 0 Å². The van der Waals surface area contributed by atoms with Crippen LogP contribution in [-0.4, -0.2) is 15.0 Å². The van der Waals surface area contributed by atoms with Gasteiger partial charge in [0.25, 0.3) is 0 Å². The van der Waals surface area contributed by atoms with Crippen molar-refractivity contribution in [2.75, 3.05) is 0 Å². The Kier molecular flexibility index (Phi) is 6.42. The first kappa shape index (κ1) is 28.2. The highest BCUT2D eigenvalue weighted by molar-refractivity contribution is 6.17. The van der Waals surface area contributed by atoms with Crippen molar-refractivity contribution in [3.8, 4) is 56.3 Å². The smallest absolute Gasteiger partial charge is 0.160 e. The molecular formula is C45H27N3O2. The molecule has 0 aliphatic rings. The monoisotopic (exact) mass is 641 g/mol. The summed E-state index contributed by atoms with van der Waals surface area (Å²) in [4.78, 5) is 14.9. The fraction of sp³-hybridized carbons (Fsp3) is 0. The second kappa shape index (κ2) is 11.4. The zero-order valence-corrected chi connectivity index (χ0v) is 26.7. The number of fused-ring (bicyclic) bond motifs is 6. The lowest BCUT2D eigenvalue weighted by molar-refractivity contribution is 0.668. The molecule has 50 heavy (non-hydrogen) atoms. The number of para-hydroxylation sites is 2. The van der Waals surface area contributed by atoms with Crippen LogP contribution in [0, 0.1) is 0 Å². The maximum Gasteiger partial charge on any atom is 0.160 e. The van der Waals surface area contributed by atoms with Crippen LogP contribution in [0.3, 0.4) is 0 Å². The van der Waals surface area contributed by atoms with E-state index >= 15 is 0 Å². The Hall–Kier alpha value is -6.85. The minimum Gasteiger partial charge on any atom is -0.456 e. The van der Waals surface area contributed by atoms with Crippen molar-refractivity contribution in [3.05, 3.63) is 164 Å². The van der Waals surface area contributed by atoms with Gasteiger partial charge in [-0.05, 0) is 65.7 Å². The molecule has 0 saturated carbocycles. The maximum absolute atomic E-state index is 6.71. The third kappa shape index (κ3) is 4.67. The molecular weight excluding hydrogens is 615 g/mol. The SMILES string of the molecule is c1ccc(-c2cc(-c3ccc(-c4ccc5c(c4)oc4ccccc45)c4c3oc3ccccc34)nc(-c3cccc(-c4ccccn4)c3)n2)cc1. The van der Waals surface area contributed by atoms with Crippen LogP contribution in [0.25, 0.3) is 100 Å². The number of hydrogen-bond donors (Lipinski definition) is 0. The predicted octanol–water partition coefficient (Wildman–Crippen LogP) is 12.0. The zero-order valence-electron chi connectivity index (χ0n) is 26.7. The Bertz CT molecular complexity index is 2870. The molecule has 6 aromatic carbocycles. The topological polar surface area (TPSA) is 65.0 Å². The molecule has 0 fully saturated rings. The first-order chi connectivity index (χ1) is 24.8. The molecule has 0 saturated heterocycles. The summed E-state index contributed by atoms with van der Waals surface area (Å²) in [5, 5.41) is 4.29. The largest absolute Gasteiger partial charge is 0.456 e. The highest BCUT2D eigenvalue weighted by Crippen LogP contribution is 2.43. The van der Waals surface area contributed by atoms with Crippen LogP contribution in [0.15, 0.2) is 173 Å². The van der Waals surface area contributed by atoms with Gasteiger partial charge in [0.15, 0.2) is 5.82 Å². The van der Waals surface area contributed by atoms with Gasteiger partial charge in [-0.3, -0.25) is 4.98 Å². The average molecular weight is 642 g/mol. The lowest BCUT2D eigenvalue weighted by Gasteiger charge is -2.12. The Morgan fingerprint density at radius 1 is 0.380 bits per heavy atom. The van der Waals surface area contributed by atoms with E-state index in [2.05, 4.69) is 89.9 Å². The number of aromatic nitrogens is 3. The van der Waals surface area contributed by atoms with Crippen molar-refractivity contribution in [2.45, 2.75) is 0 Å². The van der Waals surface area contributed by atoms with Crippen molar-refractivity contribution in [2.24, 2.45) is 0 Å². The number of nitrogens with zero attached hydrogens (tertiary/aromatic N) is 3. The van der Waals surface area contributed by atoms with E-state index < -0.39 is 0 Å². The van der Waals surface area contributed by atoms with Gasteiger partial charge < -0.3 is 8.83 Å². The summed E-state index contributed by atoms with van der Waals surface area (Å²) in [6, 6.07) is 53.6. The fourth-order valence-electron chi connectivity index (χ4n) is 6.99. The van der Waals surface area contributed by atoms with Gasteiger partial charge in [0.1, 0.15) is 22.3 Å². The van der Waals surface area contributed by atoms with Crippen LogP contribution < -0.4 is 0 Å². The Morgan fingerprint density at radius 3 is 1.94 bits per heavy atom. The van der Waals surface area contributed by atoms with E-state index in [1.165, 1.54) is 0 Å². The summed E-state index contributed by atoms with van der Waals surface area (Å²) in [6.07, 6.45) is 1.81. The second-order valence-corrected chi connectivity index (χ2v) is 12.4. The molecule has 0 spiro atoms. The van der Waals surface area contributed by atoms with Gasteiger partial charge in [-0.2, -0.15) is 0 Å². The van der Waals surface area contributed by atoms with Gasteiger partial charge in [-0.1, -0.05) is 103 Å². The molecule has 0 bridgehead atoms. The van der Waals surface area contributed by atoms with E-state index in [0.29, 0.717) is 5.82 Å². The van der Waals surface area contributed by atoms with Gasteiger partial charge in [0.05, 0.1) is 17.1 Å². The minimum absolute atomic E-state index is 0.628. The average Bonchev–Trinajstić information content (AvgIpc) is 3.77. The van der Waals surface area contributed by atoms with Crippen LogP contribution in [0.4, 0.5) is 0 Å². The Morgan fingerprint density at radius 2 is 1.08 bits per heavy atom. The van der Waals surface area contributed by atoms with Crippen LogP contribution in [0.2, 0.25) is 0 Å². The number of benzene rings is 6. The molecule has 4 aromatic heterocycles. The lowest BCUT2D eigenvalue weighted by Crippen LogP contribution is -1.97. The molecule has 0 atom stereocenters. The summed E-state index contributed by atoms with van der Waals surface area (Å²) < 4.78 is 13.0. The van der Waals surface area contributed by atoms with Crippen molar-refractivity contribution < 1.29 is 8.83 Å². The normalized spacial score (nSPS) is 11.6. The highest BCUT2D eigenvalue weighted by Gasteiger charge is 2.20. The molecule has 0 unspecified atom stereocenters. The maximum atomic E-state index is 6.71. The summed E-state index contributed by atoms with van der Waals surface area (Å²) in [6.45, 7) is 0. The summed E-state index contributed by atoms with van der Waals surface area (Å²) in [5.74, 6) is 0.628. The van der Waals surface area contributed by atoms with Crippen molar-refractivity contribution in [3.63, 3.8) is 0 Å². The number of rotatable bonds is 5. The third-order valence-electron chi connectivity index (χ3n) is 9.37. The zero-order chi connectivity index (χ0) is 33.0. The quantitative estimate of drug-likeness (QED) is 0.187. The second-order valence-electron chi connectivity index (χ2n) is 12.4. The molecule has 0 aliphatic heterocycles. The van der Waals surface area contributed by atoms with Gasteiger partial charge in [-0.15, -0.1) is 0 Å². The van der Waals surface area contributed by atoms with E-state index in [9.17, 15) is 0 Å². The van der Waals surface area contributed by atoms with Gasteiger partial charge in [-0.25, -0.2) is 9.97 Å². The molecule has 0 radical (unpaired) electrons. The van der Waals surface area contributed by atoms with Crippen molar-refractivity contribution >= 4 is 43.9 Å². The Labute approximate surface area is 287 Å². The predicted molar refractivity (Wildman–Crippen MR) is 202 cm³/mol.